The van der Waals surface area contributed by atoms with Gasteiger partial charge in [-0.1, -0.05) is 20.8 Å². The highest BCUT2D eigenvalue weighted by Crippen LogP contribution is 2.45. The molecule has 6 bridgehead atoms. The van der Waals surface area contributed by atoms with Crippen molar-refractivity contribution < 1.29 is 41.4 Å². The van der Waals surface area contributed by atoms with Crippen molar-refractivity contribution in [1.29, 1.82) is 0 Å². The third kappa shape index (κ3) is 9.19. The number of piperazine rings is 1. The summed E-state index contributed by atoms with van der Waals surface area (Å²) in [5, 5.41) is 6.75. The van der Waals surface area contributed by atoms with Crippen molar-refractivity contribution >= 4 is 45.7 Å². The molecule has 0 radical (unpaired) electrons. The number of amides is 2. The molecule has 13 nitrogen and oxygen atoms in total. The lowest BCUT2D eigenvalue weighted by atomic mass is 9.84. The Balaban J connectivity index is 1.32. The van der Waals surface area contributed by atoms with Crippen molar-refractivity contribution in [3.05, 3.63) is 51.9 Å². The maximum atomic E-state index is 16.7. The molecule has 5 atom stereocenters. The number of cyclic esters (lactones) is 1. The smallest absolute Gasteiger partial charge is 0.406 e. The number of rotatable bonds is 7. The van der Waals surface area contributed by atoms with Crippen LogP contribution in [0.2, 0.25) is 0 Å². The Bertz CT molecular complexity index is 2360. The van der Waals surface area contributed by atoms with Crippen LogP contribution in [0.3, 0.4) is 0 Å². The molecule has 1 saturated carbocycles. The van der Waals surface area contributed by atoms with Crippen LogP contribution in [0, 0.1) is 23.1 Å². The number of ether oxygens (including phenoxy) is 2. The van der Waals surface area contributed by atoms with Crippen LogP contribution in [-0.2, 0) is 43.2 Å². The van der Waals surface area contributed by atoms with Gasteiger partial charge < -0.3 is 29.2 Å². The molecule has 3 aliphatic heterocycles. The first-order chi connectivity index (χ1) is 29.4. The summed E-state index contributed by atoms with van der Waals surface area (Å²) in [6, 6.07) is 2.66. The summed E-state index contributed by atoms with van der Waals surface area (Å²) >= 11 is 1.19. The zero-order valence-electron chi connectivity index (χ0n) is 35.9. The molecule has 334 valence electrons. The monoisotopic (exact) mass is 882 g/mol. The largest absolute Gasteiger partial charge is 0.464 e. The van der Waals surface area contributed by atoms with E-state index in [1.54, 1.807) is 24.6 Å². The van der Waals surface area contributed by atoms with Crippen LogP contribution in [0.15, 0.2) is 29.8 Å². The zero-order chi connectivity index (χ0) is 44.2. The molecule has 8 rings (SSSR count). The predicted molar refractivity (Wildman–Crippen MR) is 227 cm³/mol. The highest BCUT2D eigenvalue weighted by atomic mass is 32.1. The highest BCUT2D eigenvalue weighted by molar-refractivity contribution is 7.10. The van der Waals surface area contributed by atoms with Gasteiger partial charge in [0.2, 0.25) is 5.91 Å². The Morgan fingerprint density at radius 1 is 1.13 bits per heavy atom. The Labute approximate surface area is 362 Å². The molecule has 2 N–H and O–H groups in total. The Morgan fingerprint density at radius 2 is 1.87 bits per heavy atom. The van der Waals surface area contributed by atoms with Crippen molar-refractivity contribution in [3.8, 4) is 22.5 Å². The van der Waals surface area contributed by atoms with Crippen LogP contribution in [0.5, 0.6) is 0 Å². The van der Waals surface area contributed by atoms with Crippen LogP contribution in [-0.4, -0.2) is 114 Å². The van der Waals surface area contributed by atoms with Crippen molar-refractivity contribution in [3.63, 3.8) is 0 Å². The number of methoxy groups -OCH3 is 1. The molecule has 4 aromatic rings. The van der Waals surface area contributed by atoms with Gasteiger partial charge in [-0.3, -0.25) is 24.4 Å². The molecule has 2 amide bonds. The SMILES string of the molecule is CO[C@@H](C)c1ncc(N2CCN(C)CC2)cc1-c1c2c3cc(c(F)cc3n1CC(F)(F)F)-c1csc(n1)C[C@H](NC(=O)[C@H]1C[C@@H]1C)C(=O)N1CCC[C@H](N1)C(=O)OCC(C)(C)C2. The molecular formula is C44H54F4N8O5S. The van der Waals surface area contributed by atoms with E-state index in [0.29, 0.717) is 66.1 Å². The number of esters is 1. The van der Waals surface area contributed by atoms with Gasteiger partial charge in [0.25, 0.3) is 5.91 Å². The van der Waals surface area contributed by atoms with Crippen molar-refractivity contribution in [2.45, 2.75) is 90.7 Å². The second-order valence-corrected chi connectivity index (χ2v) is 19.1. The number of thiazole rings is 1. The van der Waals surface area contributed by atoms with E-state index in [0.717, 1.165) is 29.4 Å². The molecule has 4 aliphatic rings. The molecular weight excluding hydrogens is 829 g/mol. The molecule has 3 fully saturated rings. The summed E-state index contributed by atoms with van der Waals surface area (Å²) in [6.45, 7) is 9.18. The second kappa shape index (κ2) is 17.1. The fourth-order valence-electron chi connectivity index (χ4n) is 8.86. The molecule has 1 aliphatic carbocycles. The lowest BCUT2D eigenvalue weighted by molar-refractivity contribution is -0.155. The fourth-order valence-corrected chi connectivity index (χ4v) is 9.70. The van der Waals surface area contributed by atoms with Crippen LogP contribution in [0.1, 0.15) is 69.3 Å². The zero-order valence-corrected chi connectivity index (χ0v) is 36.7. The van der Waals surface area contributed by atoms with Gasteiger partial charge in [0, 0.05) is 79.5 Å². The van der Waals surface area contributed by atoms with Crippen LogP contribution in [0.25, 0.3) is 33.4 Å². The summed E-state index contributed by atoms with van der Waals surface area (Å²) in [5.41, 5.74) is 4.79. The maximum Gasteiger partial charge on any atom is 0.406 e. The summed E-state index contributed by atoms with van der Waals surface area (Å²) in [4.78, 5) is 55.1. The average Bonchev–Trinajstić information content (AvgIpc) is 3.69. The minimum atomic E-state index is -4.70. The minimum Gasteiger partial charge on any atom is -0.464 e. The average molecular weight is 883 g/mol. The van der Waals surface area contributed by atoms with Crippen molar-refractivity contribution in [2.75, 3.05) is 58.4 Å². The lowest BCUT2D eigenvalue weighted by Gasteiger charge is -2.35. The summed E-state index contributed by atoms with van der Waals surface area (Å²) in [7, 11) is 3.55. The number of pyridine rings is 1. The molecule has 62 heavy (non-hydrogen) atoms. The van der Waals surface area contributed by atoms with Gasteiger partial charge in [-0.15, -0.1) is 11.3 Å². The van der Waals surface area contributed by atoms with E-state index in [1.807, 2.05) is 33.9 Å². The normalized spacial score (nSPS) is 24.2. The third-order valence-corrected chi connectivity index (χ3v) is 13.5. The molecule has 0 spiro atoms. The summed E-state index contributed by atoms with van der Waals surface area (Å²) in [6.07, 6.45) is -1.88. The number of carbonyl (C=O) groups excluding carboxylic acids is 3. The number of alkyl halides is 3. The van der Waals surface area contributed by atoms with Crippen LogP contribution < -0.4 is 15.6 Å². The van der Waals surface area contributed by atoms with E-state index in [9.17, 15) is 27.6 Å². The first-order valence-corrected chi connectivity index (χ1v) is 22.1. The number of fused-ring (bicyclic) bond motifs is 6. The Kier molecular flexibility index (Phi) is 12.2. The Hall–Kier alpha value is -4.65. The van der Waals surface area contributed by atoms with Crippen molar-refractivity contribution in [1.82, 2.24) is 35.2 Å². The quantitative estimate of drug-likeness (QED) is 0.161. The summed E-state index contributed by atoms with van der Waals surface area (Å²) in [5.74, 6) is -2.08. The second-order valence-electron chi connectivity index (χ2n) is 18.1. The minimum absolute atomic E-state index is 0.00382. The first kappa shape index (κ1) is 44.0. The summed E-state index contributed by atoms with van der Waals surface area (Å²) < 4.78 is 74.1. The molecule has 6 heterocycles. The fraction of sp³-hybridized carbons (Fsp3) is 0.568. The standard InChI is InChI=1S/C44H54F4N8O5S/c1-24-14-27(24)40(57)51-34-18-37-50-35(21-62-37)29-16-28-31(19-43(3,4)23-61-42(59)33-8-7-9-56(52-33)41(34)58)39(55(22-44(46,47)48)36(28)17-32(29)45)30-15-26(20-49-38(30)25(2)60-6)54-12-10-53(5)11-13-54/h15-17,20-21,24-25,27,33-34,52H,7-14,18-19,22-23H2,1-6H3,(H,51,57)/t24-,25-,27-,33-,34-/m0/s1. The maximum absolute atomic E-state index is 16.7. The van der Waals surface area contributed by atoms with Gasteiger partial charge in [0.05, 0.1) is 52.2 Å². The van der Waals surface area contributed by atoms with Gasteiger partial charge in [-0.2, -0.15) is 13.2 Å². The number of hydrogen-bond donors (Lipinski definition) is 2. The van der Waals surface area contributed by atoms with Crippen molar-refractivity contribution in [2.24, 2.45) is 17.3 Å². The number of anilines is 1. The number of likely N-dealkylation sites (N-methyl/N-ethyl adjacent to an activating group) is 1. The number of hydrazine groups is 1. The third-order valence-electron chi connectivity index (χ3n) is 12.6. The topological polar surface area (TPSA) is 134 Å². The first-order valence-electron chi connectivity index (χ1n) is 21.3. The molecule has 3 aromatic heterocycles. The number of nitrogens with zero attached hydrogens (tertiary/aromatic N) is 6. The van der Waals surface area contributed by atoms with Gasteiger partial charge in [0.1, 0.15) is 24.4 Å². The van der Waals surface area contributed by atoms with E-state index >= 15 is 4.39 Å². The number of hydrogen-bond acceptors (Lipinski definition) is 11. The van der Waals surface area contributed by atoms with E-state index in [2.05, 4.69) is 20.5 Å². The number of aromatic nitrogens is 3. The van der Waals surface area contributed by atoms with Gasteiger partial charge in [-0.25, -0.2) is 14.8 Å². The lowest BCUT2D eigenvalue weighted by Crippen LogP contribution is -2.60. The Morgan fingerprint density at radius 3 is 2.56 bits per heavy atom. The molecule has 0 unspecified atom stereocenters. The van der Waals surface area contributed by atoms with E-state index in [1.165, 1.54) is 23.5 Å². The number of nitrogens with one attached hydrogen (secondary N) is 2. The van der Waals surface area contributed by atoms with E-state index < -0.39 is 54.0 Å². The number of carbonyl (C=O) groups is 3. The molecule has 18 heteroatoms. The number of benzene rings is 1. The highest BCUT2D eigenvalue weighted by Gasteiger charge is 2.42. The molecule has 2 saturated heterocycles. The number of halogens is 4. The van der Waals surface area contributed by atoms with Gasteiger partial charge in [-0.05, 0) is 69.3 Å². The van der Waals surface area contributed by atoms with E-state index in [4.69, 9.17) is 19.4 Å². The van der Waals surface area contributed by atoms with E-state index in [-0.39, 0.29) is 59.7 Å². The van der Waals surface area contributed by atoms with Crippen LogP contribution >= 0.6 is 11.3 Å². The predicted octanol–water partition coefficient (Wildman–Crippen LogP) is 6.29. The molecule has 1 aromatic carbocycles. The van der Waals surface area contributed by atoms with Gasteiger partial charge in [0.15, 0.2) is 0 Å². The van der Waals surface area contributed by atoms with Gasteiger partial charge >= 0.3 is 12.1 Å². The van der Waals surface area contributed by atoms with Crippen LogP contribution in [0.4, 0.5) is 23.2 Å².